The quantitative estimate of drug-likeness (QED) is 0.471. The van der Waals surface area contributed by atoms with Crippen LogP contribution in [0.1, 0.15) is 19.8 Å². The first-order valence-electron chi connectivity index (χ1n) is 10.9. The van der Waals surface area contributed by atoms with E-state index < -0.39 is 11.4 Å². The second-order valence-corrected chi connectivity index (χ2v) is 8.66. The average molecular weight is 444 g/mol. The van der Waals surface area contributed by atoms with Crippen molar-refractivity contribution in [3.8, 4) is 28.4 Å². The van der Waals surface area contributed by atoms with Gasteiger partial charge in [0.1, 0.15) is 17.4 Å². The van der Waals surface area contributed by atoms with Crippen LogP contribution in [0.4, 0.5) is 5.82 Å². The van der Waals surface area contributed by atoms with Crippen LogP contribution in [0, 0.1) is 5.41 Å². The minimum atomic E-state index is -0.720. The van der Waals surface area contributed by atoms with E-state index in [1.165, 1.54) is 0 Å². The first-order chi connectivity index (χ1) is 15.9. The molecule has 0 amide bonds. The van der Waals surface area contributed by atoms with Crippen molar-refractivity contribution < 1.29 is 14.6 Å². The van der Waals surface area contributed by atoms with E-state index in [9.17, 15) is 9.90 Å². The molecule has 8 nitrogen and oxygen atoms in total. The normalized spacial score (nSPS) is 15.5. The fourth-order valence-corrected chi connectivity index (χ4v) is 4.12. The Morgan fingerprint density at radius 3 is 2.45 bits per heavy atom. The van der Waals surface area contributed by atoms with Crippen molar-refractivity contribution in [2.24, 2.45) is 5.41 Å². The number of methoxy groups -OCH3 is 1. The molecule has 0 unspecified atom stereocenters. The van der Waals surface area contributed by atoms with Gasteiger partial charge in [-0.3, -0.25) is 9.78 Å². The summed E-state index contributed by atoms with van der Waals surface area (Å²) in [6.45, 7) is 3.19. The van der Waals surface area contributed by atoms with Gasteiger partial charge in [-0.25, -0.2) is 9.97 Å². The number of aromatic nitrogens is 4. The predicted octanol–water partition coefficient (Wildman–Crippen LogP) is 4.39. The van der Waals surface area contributed by atoms with Gasteiger partial charge in [0.05, 0.1) is 29.3 Å². The predicted molar refractivity (Wildman–Crippen MR) is 126 cm³/mol. The number of piperidine rings is 1. The Bertz CT molecular complexity index is 1290. The molecule has 4 aromatic rings. The number of carbonyl (C=O) groups is 1. The number of carboxylic acid groups (broad SMARTS) is 1. The Hall–Kier alpha value is -3.94. The van der Waals surface area contributed by atoms with Crippen LogP contribution in [0.15, 0.2) is 54.9 Å². The van der Waals surface area contributed by atoms with E-state index in [1.54, 1.807) is 13.3 Å². The van der Waals surface area contributed by atoms with E-state index >= 15 is 0 Å². The van der Waals surface area contributed by atoms with Gasteiger partial charge in [-0.15, -0.1) is 0 Å². The van der Waals surface area contributed by atoms with Crippen molar-refractivity contribution in [2.45, 2.75) is 19.8 Å². The van der Waals surface area contributed by atoms with Crippen molar-refractivity contribution in [2.75, 3.05) is 25.1 Å². The number of H-pyrrole nitrogens is 1. The second kappa shape index (κ2) is 8.20. The molecule has 33 heavy (non-hydrogen) atoms. The molecule has 0 saturated carbocycles. The van der Waals surface area contributed by atoms with Gasteiger partial charge in [0, 0.05) is 42.7 Å². The van der Waals surface area contributed by atoms with Gasteiger partial charge in [-0.1, -0.05) is 0 Å². The number of aliphatic carboxylic acids is 1. The highest BCUT2D eigenvalue weighted by atomic mass is 16.5. The van der Waals surface area contributed by atoms with Gasteiger partial charge in [-0.05, 0) is 56.2 Å². The van der Waals surface area contributed by atoms with E-state index in [0.717, 1.165) is 45.2 Å². The van der Waals surface area contributed by atoms with Crippen LogP contribution in [0.3, 0.4) is 0 Å². The Balaban J connectivity index is 1.30. The zero-order valence-corrected chi connectivity index (χ0v) is 18.6. The molecule has 5 rings (SSSR count). The summed E-state index contributed by atoms with van der Waals surface area (Å²) in [5.41, 5.74) is 3.78. The molecule has 0 atom stereocenters. The highest BCUT2D eigenvalue weighted by Crippen LogP contribution is 2.33. The summed E-state index contributed by atoms with van der Waals surface area (Å²) in [4.78, 5) is 30.8. The number of ether oxygens (including phenoxy) is 1. The van der Waals surface area contributed by atoms with Crippen LogP contribution >= 0.6 is 0 Å². The van der Waals surface area contributed by atoms with E-state index in [4.69, 9.17) is 4.74 Å². The maximum atomic E-state index is 11.5. The minimum Gasteiger partial charge on any atom is -0.497 e. The number of anilines is 1. The topological polar surface area (TPSA) is 104 Å². The van der Waals surface area contributed by atoms with Crippen molar-refractivity contribution >= 4 is 22.8 Å². The van der Waals surface area contributed by atoms with Crippen LogP contribution in [0.2, 0.25) is 0 Å². The smallest absolute Gasteiger partial charge is 0.309 e. The molecule has 1 aliphatic heterocycles. The summed E-state index contributed by atoms with van der Waals surface area (Å²) < 4.78 is 5.27. The lowest BCUT2D eigenvalue weighted by Crippen LogP contribution is -2.43. The average Bonchev–Trinajstić information content (AvgIpc) is 3.28. The lowest BCUT2D eigenvalue weighted by atomic mass is 9.80. The molecule has 168 valence electrons. The number of hydrogen-bond donors (Lipinski definition) is 2. The number of aromatic amines is 1. The molecule has 1 fully saturated rings. The molecule has 0 bridgehead atoms. The SMILES string of the molecule is COc1ccc2nc(-c3ccc(-c4ccc(N5CCC(C)(C(=O)O)CC5)nc4)nc3)[nH]c2c1. The van der Waals surface area contributed by atoms with E-state index in [-0.39, 0.29) is 0 Å². The molecule has 1 aromatic carbocycles. The summed E-state index contributed by atoms with van der Waals surface area (Å²) in [6, 6.07) is 13.7. The molecule has 2 N–H and O–H groups in total. The molecule has 3 aromatic heterocycles. The summed E-state index contributed by atoms with van der Waals surface area (Å²) >= 11 is 0. The first kappa shape index (κ1) is 20.9. The van der Waals surface area contributed by atoms with Crippen LogP contribution in [0.5, 0.6) is 5.75 Å². The molecular formula is C25H25N5O3. The maximum absolute atomic E-state index is 11.5. The molecule has 1 saturated heterocycles. The number of hydrogen-bond acceptors (Lipinski definition) is 6. The molecule has 4 heterocycles. The Kier molecular flexibility index (Phi) is 5.20. The Morgan fingerprint density at radius 1 is 1.06 bits per heavy atom. The van der Waals surface area contributed by atoms with Gasteiger partial charge in [0.2, 0.25) is 0 Å². The summed E-state index contributed by atoms with van der Waals surface area (Å²) in [5.74, 6) is 1.68. The standard InChI is InChI=1S/C25H25N5O3/c1-25(24(31)32)9-11-30(12-10-25)22-8-4-16(14-27-22)19-6-3-17(15-26-19)23-28-20-7-5-18(33-2)13-21(20)29-23/h3-8,13-15H,9-12H2,1-2H3,(H,28,29)(H,31,32). The number of fused-ring (bicyclic) bond motifs is 1. The third kappa shape index (κ3) is 4.00. The van der Waals surface area contributed by atoms with Gasteiger partial charge in [0.15, 0.2) is 0 Å². The third-order valence-electron chi connectivity index (χ3n) is 6.48. The lowest BCUT2D eigenvalue weighted by molar-refractivity contribution is -0.149. The second-order valence-electron chi connectivity index (χ2n) is 8.66. The maximum Gasteiger partial charge on any atom is 0.309 e. The number of rotatable bonds is 5. The van der Waals surface area contributed by atoms with Crippen molar-refractivity contribution in [1.82, 2.24) is 19.9 Å². The van der Waals surface area contributed by atoms with Crippen LogP contribution in [0.25, 0.3) is 33.7 Å². The highest BCUT2D eigenvalue weighted by Gasteiger charge is 2.37. The van der Waals surface area contributed by atoms with Gasteiger partial charge in [0.25, 0.3) is 0 Å². The number of nitrogens with one attached hydrogen (secondary N) is 1. The molecule has 0 spiro atoms. The third-order valence-corrected chi connectivity index (χ3v) is 6.48. The zero-order chi connectivity index (χ0) is 23.0. The summed E-state index contributed by atoms with van der Waals surface area (Å²) in [6.07, 6.45) is 4.85. The van der Waals surface area contributed by atoms with Crippen molar-refractivity contribution in [1.29, 1.82) is 0 Å². The fraction of sp³-hybridized carbons (Fsp3) is 0.280. The van der Waals surface area contributed by atoms with Crippen LogP contribution in [-0.4, -0.2) is 51.2 Å². The largest absolute Gasteiger partial charge is 0.497 e. The highest BCUT2D eigenvalue weighted by molar-refractivity contribution is 5.81. The van der Waals surface area contributed by atoms with E-state index in [0.29, 0.717) is 25.9 Å². The molecule has 8 heteroatoms. The lowest BCUT2D eigenvalue weighted by Gasteiger charge is -2.37. The monoisotopic (exact) mass is 443 g/mol. The van der Waals surface area contributed by atoms with Crippen LogP contribution < -0.4 is 9.64 Å². The fourth-order valence-electron chi connectivity index (χ4n) is 4.12. The van der Waals surface area contributed by atoms with Gasteiger partial charge in [-0.2, -0.15) is 0 Å². The Labute approximate surface area is 191 Å². The number of pyridine rings is 2. The Morgan fingerprint density at radius 2 is 1.82 bits per heavy atom. The molecule has 1 aliphatic rings. The number of benzene rings is 1. The molecular weight excluding hydrogens is 418 g/mol. The van der Waals surface area contributed by atoms with Crippen LogP contribution in [-0.2, 0) is 4.79 Å². The molecule has 0 radical (unpaired) electrons. The van der Waals surface area contributed by atoms with E-state index in [1.807, 2.05) is 55.6 Å². The van der Waals surface area contributed by atoms with E-state index in [2.05, 4.69) is 24.8 Å². The van der Waals surface area contributed by atoms with Crippen molar-refractivity contribution in [3.63, 3.8) is 0 Å². The number of nitrogens with zero attached hydrogens (tertiary/aromatic N) is 4. The van der Waals surface area contributed by atoms with Gasteiger partial charge < -0.3 is 19.7 Å². The molecule has 0 aliphatic carbocycles. The number of carboxylic acids is 1. The van der Waals surface area contributed by atoms with Gasteiger partial charge >= 0.3 is 5.97 Å². The summed E-state index contributed by atoms with van der Waals surface area (Å²) in [7, 11) is 1.64. The minimum absolute atomic E-state index is 0.614. The van der Waals surface area contributed by atoms with Crippen molar-refractivity contribution in [3.05, 3.63) is 54.9 Å². The first-order valence-corrected chi connectivity index (χ1v) is 10.9. The summed E-state index contributed by atoms with van der Waals surface area (Å²) in [5, 5.41) is 9.42. The number of imidazole rings is 1. The zero-order valence-electron chi connectivity index (χ0n) is 18.6.